The van der Waals surface area contributed by atoms with Gasteiger partial charge in [-0.05, 0) is 29.7 Å². The molecular weight excluding hydrogens is 314 g/mol. The maximum atomic E-state index is 10.1. The van der Waals surface area contributed by atoms with Crippen LogP contribution < -0.4 is 10.2 Å². The Morgan fingerprint density at radius 1 is 1.05 bits per heavy atom. The number of aliphatic hydroxyl groups excluding tert-OH is 1. The zero-order valence-corrected chi connectivity index (χ0v) is 12.4. The summed E-state index contributed by atoms with van der Waals surface area (Å²) in [5, 5.41) is 29.0. The van der Waals surface area contributed by atoms with Gasteiger partial charge in [0, 0.05) is 15.6 Å². The fourth-order valence-corrected chi connectivity index (χ4v) is 2.50. The predicted octanol–water partition coefficient (Wildman–Crippen LogP) is 1.79. The Morgan fingerprint density at radius 3 is 2.29 bits per heavy atom. The number of halogens is 2. The van der Waals surface area contributed by atoms with Crippen molar-refractivity contribution >= 4 is 35.8 Å². The fraction of sp³-hybridized carbons (Fsp3) is 0.143. The van der Waals surface area contributed by atoms with Gasteiger partial charge in [0.1, 0.15) is 18.5 Å². The molecule has 0 aliphatic rings. The van der Waals surface area contributed by atoms with Gasteiger partial charge >= 0.3 is 7.12 Å². The number of hydrogen-bond donors (Lipinski definition) is 3. The summed E-state index contributed by atoms with van der Waals surface area (Å²) in [7, 11) is -1.57. The number of rotatable bonds is 5. The van der Waals surface area contributed by atoms with Gasteiger partial charge in [0.25, 0.3) is 0 Å². The maximum Gasteiger partial charge on any atom is 0.488 e. The monoisotopic (exact) mass is 326 g/mol. The lowest BCUT2D eigenvalue weighted by Crippen LogP contribution is -2.29. The van der Waals surface area contributed by atoms with E-state index in [-0.39, 0.29) is 6.61 Å². The Morgan fingerprint density at radius 2 is 1.67 bits per heavy atom. The Labute approximate surface area is 132 Å². The van der Waals surface area contributed by atoms with Crippen molar-refractivity contribution in [3.05, 3.63) is 58.1 Å². The number of aliphatic hydroxyl groups is 1. The van der Waals surface area contributed by atoms with Gasteiger partial charge in [-0.25, -0.2) is 0 Å². The average molecular weight is 327 g/mol. The highest BCUT2D eigenvalue weighted by Gasteiger charge is 2.17. The first kappa shape index (κ1) is 16.1. The highest BCUT2D eigenvalue weighted by Crippen LogP contribution is 2.30. The smallest absolute Gasteiger partial charge is 0.488 e. The molecule has 4 nitrogen and oxygen atoms in total. The second kappa shape index (κ2) is 7.16. The summed E-state index contributed by atoms with van der Waals surface area (Å²) in [6.45, 7) is -0.0611. The second-order valence-electron chi connectivity index (χ2n) is 4.41. The van der Waals surface area contributed by atoms with Crippen molar-refractivity contribution in [2.24, 2.45) is 0 Å². The van der Waals surface area contributed by atoms with Gasteiger partial charge in [0.05, 0.1) is 0 Å². The SMILES string of the molecule is OB(O)c1cccc(OCC(O)c2c(Cl)cccc2Cl)c1. The van der Waals surface area contributed by atoms with E-state index in [1.807, 2.05) is 0 Å². The van der Waals surface area contributed by atoms with Crippen molar-refractivity contribution in [1.82, 2.24) is 0 Å². The van der Waals surface area contributed by atoms with Gasteiger partial charge in [0.2, 0.25) is 0 Å². The summed E-state index contributed by atoms with van der Waals surface area (Å²) < 4.78 is 5.43. The molecule has 1 unspecified atom stereocenters. The molecule has 2 rings (SSSR count). The van der Waals surface area contributed by atoms with Crippen LogP contribution in [0.2, 0.25) is 10.0 Å². The average Bonchev–Trinajstić information content (AvgIpc) is 2.45. The van der Waals surface area contributed by atoms with E-state index in [4.69, 9.17) is 38.0 Å². The van der Waals surface area contributed by atoms with E-state index in [0.717, 1.165) is 0 Å². The van der Waals surface area contributed by atoms with Crippen LogP contribution in [0.15, 0.2) is 42.5 Å². The summed E-state index contributed by atoms with van der Waals surface area (Å²) in [5.41, 5.74) is 0.706. The number of hydrogen-bond acceptors (Lipinski definition) is 4. The molecule has 3 N–H and O–H groups in total. The minimum atomic E-state index is -1.57. The van der Waals surface area contributed by atoms with Crippen LogP contribution in [0.25, 0.3) is 0 Å². The molecule has 2 aromatic carbocycles. The summed E-state index contributed by atoms with van der Waals surface area (Å²) in [4.78, 5) is 0. The maximum absolute atomic E-state index is 10.1. The van der Waals surface area contributed by atoms with Crippen molar-refractivity contribution in [3.63, 3.8) is 0 Å². The van der Waals surface area contributed by atoms with Gasteiger partial charge in [-0.15, -0.1) is 0 Å². The van der Waals surface area contributed by atoms with Gasteiger partial charge in [-0.1, -0.05) is 41.4 Å². The van der Waals surface area contributed by atoms with Crippen LogP contribution in [-0.4, -0.2) is 28.9 Å². The van der Waals surface area contributed by atoms with E-state index < -0.39 is 13.2 Å². The van der Waals surface area contributed by atoms with Crippen molar-refractivity contribution in [2.45, 2.75) is 6.10 Å². The lowest BCUT2D eigenvalue weighted by molar-refractivity contribution is 0.108. The minimum Gasteiger partial charge on any atom is -0.491 e. The van der Waals surface area contributed by atoms with Crippen LogP contribution in [0, 0.1) is 0 Å². The summed E-state index contributed by atoms with van der Waals surface area (Å²) in [5.74, 6) is 0.405. The second-order valence-corrected chi connectivity index (χ2v) is 5.22. The molecule has 0 bridgehead atoms. The van der Waals surface area contributed by atoms with Gasteiger partial charge in [-0.2, -0.15) is 0 Å². The van der Waals surface area contributed by atoms with Crippen LogP contribution in [0.4, 0.5) is 0 Å². The van der Waals surface area contributed by atoms with Gasteiger partial charge in [0.15, 0.2) is 0 Å². The Hall–Kier alpha value is -1.24. The number of ether oxygens (including phenoxy) is 1. The summed E-state index contributed by atoms with van der Waals surface area (Å²) in [6, 6.07) is 11.3. The van der Waals surface area contributed by atoms with Gasteiger partial charge < -0.3 is 19.9 Å². The molecule has 0 amide bonds. The molecular formula is C14H13BCl2O4. The third kappa shape index (κ3) is 4.12. The predicted molar refractivity (Wildman–Crippen MR) is 83.2 cm³/mol. The topological polar surface area (TPSA) is 69.9 Å². The molecule has 0 aliphatic carbocycles. The molecule has 0 aromatic heterocycles. The lowest BCUT2D eigenvalue weighted by atomic mass is 9.80. The van der Waals surface area contributed by atoms with E-state index in [9.17, 15) is 5.11 Å². The van der Waals surface area contributed by atoms with E-state index in [1.165, 1.54) is 6.07 Å². The van der Waals surface area contributed by atoms with E-state index in [0.29, 0.717) is 26.8 Å². The molecule has 110 valence electrons. The van der Waals surface area contributed by atoms with Crippen molar-refractivity contribution in [3.8, 4) is 5.75 Å². The first-order valence-corrected chi connectivity index (χ1v) is 6.95. The molecule has 0 aliphatic heterocycles. The molecule has 21 heavy (non-hydrogen) atoms. The van der Waals surface area contributed by atoms with Crippen LogP contribution in [0.3, 0.4) is 0 Å². The summed E-state index contributed by atoms with van der Waals surface area (Å²) in [6.07, 6.45) is -0.992. The molecule has 0 fully saturated rings. The Balaban J connectivity index is 2.07. The molecule has 0 saturated heterocycles. The molecule has 7 heteroatoms. The molecule has 1 atom stereocenters. The lowest BCUT2D eigenvalue weighted by Gasteiger charge is -2.15. The van der Waals surface area contributed by atoms with Crippen LogP contribution in [0.1, 0.15) is 11.7 Å². The standard InChI is InChI=1S/C14H13BCl2O4/c16-11-5-2-6-12(17)14(11)13(18)8-21-10-4-1-3-9(7-10)15(19)20/h1-7,13,18-20H,8H2. The molecule has 2 aromatic rings. The highest BCUT2D eigenvalue weighted by molar-refractivity contribution is 6.58. The van der Waals surface area contributed by atoms with Crippen molar-refractivity contribution in [2.75, 3.05) is 6.61 Å². The van der Waals surface area contributed by atoms with Crippen molar-refractivity contribution < 1.29 is 19.9 Å². The third-order valence-electron chi connectivity index (χ3n) is 2.90. The van der Waals surface area contributed by atoms with E-state index in [1.54, 1.807) is 36.4 Å². The quantitative estimate of drug-likeness (QED) is 0.733. The first-order chi connectivity index (χ1) is 9.99. The zero-order valence-electron chi connectivity index (χ0n) is 10.9. The fourth-order valence-electron chi connectivity index (χ4n) is 1.85. The molecule has 0 spiro atoms. The molecule has 0 heterocycles. The van der Waals surface area contributed by atoms with Crippen molar-refractivity contribution in [1.29, 1.82) is 0 Å². The third-order valence-corrected chi connectivity index (χ3v) is 3.56. The van der Waals surface area contributed by atoms with E-state index >= 15 is 0 Å². The Bertz CT molecular complexity index is 601. The molecule has 0 saturated carbocycles. The zero-order chi connectivity index (χ0) is 15.4. The number of benzene rings is 2. The normalized spacial score (nSPS) is 12.0. The minimum absolute atomic E-state index is 0.0611. The van der Waals surface area contributed by atoms with Gasteiger partial charge in [-0.3, -0.25) is 0 Å². The summed E-state index contributed by atoms with van der Waals surface area (Å²) >= 11 is 12.0. The molecule has 0 radical (unpaired) electrons. The highest BCUT2D eigenvalue weighted by atomic mass is 35.5. The van der Waals surface area contributed by atoms with Crippen LogP contribution >= 0.6 is 23.2 Å². The van der Waals surface area contributed by atoms with E-state index in [2.05, 4.69) is 0 Å². The first-order valence-electron chi connectivity index (χ1n) is 6.20. The largest absolute Gasteiger partial charge is 0.491 e. The van der Waals surface area contributed by atoms with Crippen LogP contribution in [0.5, 0.6) is 5.75 Å². The van der Waals surface area contributed by atoms with Crippen LogP contribution in [-0.2, 0) is 0 Å². The Kier molecular flexibility index (Phi) is 5.50.